The number of amides is 4. The summed E-state index contributed by atoms with van der Waals surface area (Å²) in [5, 5.41) is 16.0. The van der Waals surface area contributed by atoms with Crippen molar-refractivity contribution in [2.75, 3.05) is 6.54 Å². The number of aliphatic carboxylic acids is 1. The van der Waals surface area contributed by atoms with Gasteiger partial charge in [0, 0.05) is 6.42 Å². The van der Waals surface area contributed by atoms with Crippen LogP contribution in [0.3, 0.4) is 0 Å². The quantitative estimate of drug-likeness (QED) is 0.200. The molecule has 0 saturated heterocycles. The Bertz CT molecular complexity index is 623. The molecule has 0 aromatic carbocycles. The average molecular weight is 430 g/mol. The number of carboxylic acids is 1. The molecule has 0 spiro atoms. The summed E-state index contributed by atoms with van der Waals surface area (Å²) >= 11 is 0. The minimum absolute atomic E-state index is 0.0176. The highest BCUT2D eigenvalue weighted by Gasteiger charge is 2.29. The molecule has 0 aromatic heterocycles. The number of hydrogen-bond acceptors (Lipinski definition) is 6. The molecule has 0 aromatic rings. The Kier molecular flexibility index (Phi) is 12.3. The minimum Gasteiger partial charge on any atom is -0.480 e. The molecule has 11 heteroatoms. The SMILES string of the molecule is CC(C)CC(N)C(=O)NC(CCC(N)=O)C(=O)NC(CC(C)C)C(=O)NCC(=O)O. The second-order valence-corrected chi connectivity index (χ2v) is 8.10. The fourth-order valence-corrected chi connectivity index (χ4v) is 2.71. The average Bonchev–Trinajstić information content (AvgIpc) is 2.60. The number of primary amides is 1. The van der Waals surface area contributed by atoms with Crippen LogP contribution in [0.2, 0.25) is 0 Å². The van der Waals surface area contributed by atoms with E-state index in [9.17, 15) is 24.0 Å². The normalized spacial score (nSPS) is 14.0. The van der Waals surface area contributed by atoms with Gasteiger partial charge in [-0.15, -0.1) is 0 Å². The van der Waals surface area contributed by atoms with Crippen LogP contribution in [0.4, 0.5) is 0 Å². The van der Waals surface area contributed by atoms with Crippen molar-refractivity contribution < 1.29 is 29.1 Å². The first-order valence-corrected chi connectivity index (χ1v) is 9.97. The summed E-state index contributed by atoms with van der Waals surface area (Å²) < 4.78 is 0. The van der Waals surface area contributed by atoms with Crippen molar-refractivity contribution in [1.82, 2.24) is 16.0 Å². The number of carboxylic acid groups (broad SMARTS) is 1. The van der Waals surface area contributed by atoms with Gasteiger partial charge in [0.25, 0.3) is 0 Å². The second-order valence-electron chi connectivity index (χ2n) is 8.10. The van der Waals surface area contributed by atoms with Gasteiger partial charge in [-0.2, -0.15) is 0 Å². The third kappa shape index (κ3) is 12.0. The van der Waals surface area contributed by atoms with E-state index in [-0.39, 0.29) is 31.1 Å². The van der Waals surface area contributed by atoms with Crippen molar-refractivity contribution in [2.24, 2.45) is 23.3 Å². The van der Waals surface area contributed by atoms with Crippen LogP contribution in [0.5, 0.6) is 0 Å². The largest absolute Gasteiger partial charge is 0.480 e. The molecule has 0 bridgehead atoms. The number of carbonyl (C=O) groups is 5. The zero-order valence-corrected chi connectivity index (χ0v) is 18.1. The predicted octanol–water partition coefficient (Wildman–Crippen LogP) is -1.16. The summed E-state index contributed by atoms with van der Waals surface area (Å²) in [6.07, 6.45) is 0.439. The maximum atomic E-state index is 12.8. The Morgan fingerprint density at radius 2 is 1.37 bits per heavy atom. The molecular weight excluding hydrogens is 394 g/mol. The Morgan fingerprint density at radius 3 is 1.83 bits per heavy atom. The van der Waals surface area contributed by atoms with Gasteiger partial charge in [0.05, 0.1) is 6.04 Å². The fraction of sp³-hybridized carbons (Fsp3) is 0.737. The van der Waals surface area contributed by atoms with Crippen LogP contribution >= 0.6 is 0 Å². The molecular formula is C19H35N5O6. The predicted molar refractivity (Wildman–Crippen MR) is 110 cm³/mol. The van der Waals surface area contributed by atoms with E-state index in [1.807, 2.05) is 27.7 Å². The van der Waals surface area contributed by atoms with Crippen LogP contribution in [-0.2, 0) is 24.0 Å². The van der Waals surface area contributed by atoms with E-state index >= 15 is 0 Å². The lowest BCUT2D eigenvalue weighted by atomic mass is 10.0. The molecule has 8 N–H and O–H groups in total. The van der Waals surface area contributed by atoms with Gasteiger partial charge in [-0.05, 0) is 31.1 Å². The number of rotatable bonds is 14. The van der Waals surface area contributed by atoms with Gasteiger partial charge >= 0.3 is 5.97 Å². The molecule has 4 amide bonds. The van der Waals surface area contributed by atoms with Crippen LogP contribution in [0.1, 0.15) is 53.4 Å². The molecule has 0 rings (SSSR count). The summed E-state index contributed by atoms with van der Waals surface area (Å²) in [5.74, 6) is -3.58. The lowest BCUT2D eigenvalue weighted by molar-refractivity contribution is -0.138. The maximum Gasteiger partial charge on any atom is 0.322 e. The highest BCUT2D eigenvalue weighted by molar-refractivity contribution is 5.94. The minimum atomic E-state index is -1.22. The fourth-order valence-electron chi connectivity index (χ4n) is 2.71. The summed E-state index contributed by atoms with van der Waals surface area (Å²) in [4.78, 5) is 59.2. The van der Waals surface area contributed by atoms with Gasteiger partial charge < -0.3 is 32.5 Å². The molecule has 172 valence electrons. The molecule has 0 fully saturated rings. The molecule has 3 atom stereocenters. The van der Waals surface area contributed by atoms with Gasteiger partial charge in [-0.3, -0.25) is 24.0 Å². The lowest BCUT2D eigenvalue weighted by Gasteiger charge is -2.25. The first kappa shape index (κ1) is 27.3. The molecule has 0 heterocycles. The highest BCUT2D eigenvalue weighted by Crippen LogP contribution is 2.08. The van der Waals surface area contributed by atoms with E-state index in [4.69, 9.17) is 16.6 Å². The molecule has 3 unspecified atom stereocenters. The maximum absolute atomic E-state index is 12.8. The zero-order chi connectivity index (χ0) is 23.4. The van der Waals surface area contributed by atoms with Crippen molar-refractivity contribution >= 4 is 29.6 Å². The van der Waals surface area contributed by atoms with Crippen LogP contribution in [0, 0.1) is 11.8 Å². The topological polar surface area (TPSA) is 194 Å². The van der Waals surface area contributed by atoms with Gasteiger partial charge in [0.2, 0.25) is 23.6 Å². The van der Waals surface area contributed by atoms with Crippen molar-refractivity contribution in [2.45, 2.75) is 71.5 Å². The summed E-state index contributed by atoms with van der Waals surface area (Å²) in [6, 6.07) is -2.96. The molecule has 11 nitrogen and oxygen atoms in total. The summed E-state index contributed by atoms with van der Waals surface area (Å²) in [5.41, 5.74) is 11.0. The van der Waals surface area contributed by atoms with E-state index in [2.05, 4.69) is 16.0 Å². The van der Waals surface area contributed by atoms with E-state index in [1.165, 1.54) is 0 Å². The second kappa shape index (κ2) is 13.5. The molecule has 0 saturated carbocycles. The van der Waals surface area contributed by atoms with Crippen molar-refractivity contribution in [3.8, 4) is 0 Å². The van der Waals surface area contributed by atoms with Crippen LogP contribution in [-0.4, -0.2) is 59.4 Å². The first-order chi connectivity index (χ1) is 13.8. The number of nitrogens with two attached hydrogens (primary N) is 2. The zero-order valence-electron chi connectivity index (χ0n) is 18.1. The van der Waals surface area contributed by atoms with E-state index in [0.717, 1.165) is 0 Å². The summed E-state index contributed by atoms with van der Waals surface area (Å²) in [6.45, 7) is 6.88. The molecule has 0 aliphatic heterocycles. The van der Waals surface area contributed by atoms with E-state index in [0.29, 0.717) is 6.42 Å². The van der Waals surface area contributed by atoms with E-state index in [1.54, 1.807) is 0 Å². The monoisotopic (exact) mass is 429 g/mol. The van der Waals surface area contributed by atoms with Crippen molar-refractivity contribution in [3.05, 3.63) is 0 Å². The molecule has 0 aliphatic carbocycles. The van der Waals surface area contributed by atoms with E-state index < -0.39 is 54.3 Å². The molecule has 0 radical (unpaired) electrons. The number of hydrogen-bond donors (Lipinski definition) is 6. The van der Waals surface area contributed by atoms with Crippen LogP contribution in [0.25, 0.3) is 0 Å². The Hall–Kier alpha value is -2.69. The molecule has 0 aliphatic rings. The third-order valence-electron chi connectivity index (χ3n) is 4.13. The van der Waals surface area contributed by atoms with Crippen molar-refractivity contribution in [3.63, 3.8) is 0 Å². The summed E-state index contributed by atoms with van der Waals surface area (Å²) in [7, 11) is 0. The molecule has 30 heavy (non-hydrogen) atoms. The Morgan fingerprint density at radius 1 is 0.833 bits per heavy atom. The Balaban J connectivity index is 5.30. The Labute approximate surface area is 176 Å². The smallest absolute Gasteiger partial charge is 0.322 e. The van der Waals surface area contributed by atoms with Gasteiger partial charge in [0.15, 0.2) is 0 Å². The number of nitrogens with one attached hydrogen (secondary N) is 3. The van der Waals surface area contributed by atoms with Crippen molar-refractivity contribution in [1.29, 1.82) is 0 Å². The lowest BCUT2D eigenvalue weighted by Crippen LogP contribution is -2.56. The van der Waals surface area contributed by atoms with Gasteiger partial charge in [-0.25, -0.2) is 0 Å². The van der Waals surface area contributed by atoms with Gasteiger partial charge in [-0.1, -0.05) is 27.7 Å². The first-order valence-electron chi connectivity index (χ1n) is 9.97. The highest BCUT2D eigenvalue weighted by atomic mass is 16.4. The standard InChI is InChI=1S/C19H35N5O6/c1-10(2)7-12(20)17(28)23-13(5-6-15(21)25)19(30)24-14(8-11(3)4)18(29)22-9-16(26)27/h10-14H,5-9,20H2,1-4H3,(H2,21,25)(H,22,29)(H,23,28)(H,24,30)(H,26,27). The number of carbonyl (C=O) groups excluding carboxylic acids is 4. The van der Waals surface area contributed by atoms with Crippen LogP contribution in [0.15, 0.2) is 0 Å². The van der Waals surface area contributed by atoms with Gasteiger partial charge in [0.1, 0.15) is 18.6 Å². The van der Waals surface area contributed by atoms with Crippen LogP contribution < -0.4 is 27.4 Å². The third-order valence-corrected chi connectivity index (χ3v) is 4.13.